The zero-order chi connectivity index (χ0) is 21.4. The molecule has 0 saturated heterocycles. The number of ether oxygens (including phenoxy) is 3. The zero-order valence-electron chi connectivity index (χ0n) is 18.0. The highest BCUT2D eigenvalue weighted by Gasteiger charge is 2.26. The Hall–Kier alpha value is -2.28. The van der Waals surface area contributed by atoms with Crippen LogP contribution >= 0.6 is 11.3 Å². The lowest BCUT2D eigenvalue weighted by atomic mass is 10.1. The largest absolute Gasteiger partial charge is 0.514 e. The molecular formula is C22H29NO5S. The maximum absolute atomic E-state index is 12.4. The third-order valence-electron chi connectivity index (χ3n) is 4.33. The van der Waals surface area contributed by atoms with Gasteiger partial charge in [-0.15, -0.1) is 11.3 Å². The number of thiophene rings is 1. The molecule has 1 aromatic heterocycles. The molecule has 0 atom stereocenters. The molecule has 0 N–H and O–H groups in total. The molecule has 7 heteroatoms. The van der Waals surface area contributed by atoms with Crippen LogP contribution in [0.15, 0.2) is 18.2 Å². The van der Waals surface area contributed by atoms with Gasteiger partial charge in [0, 0.05) is 22.7 Å². The van der Waals surface area contributed by atoms with E-state index in [0.29, 0.717) is 18.8 Å². The van der Waals surface area contributed by atoms with Crippen molar-refractivity contribution in [1.82, 2.24) is 4.90 Å². The maximum atomic E-state index is 12.4. The Morgan fingerprint density at radius 2 is 1.62 bits per heavy atom. The van der Waals surface area contributed by atoms with Crippen molar-refractivity contribution in [2.45, 2.75) is 65.6 Å². The summed E-state index contributed by atoms with van der Waals surface area (Å²) in [5, 5.41) is 1.15. The molecule has 0 fully saturated rings. The number of rotatable bonds is 1. The summed E-state index contributed by atoms with van der Waals surface area (Å²) in [6, 6.07) is 5.65. The van der Waals surface area contributed by atoms with Crippen LogP contribution in [0.3, 0.4) is 0 Å². The minimum Gasteiger partial charge on any atom is -0.444 e. The fourth-order valence-electron chi connectivity index (χ4n) is 3.19. The van der Waals surface area contributed by atoms with E-state index in [-0.39, 0.29) is 6.09 Å². The highest BCUT2D eigenvalue weighted by atomic mass is 32.1. The van der Waals surface area contributed by atoms with E-state index >= 15 is 0 Å². The maximum Gasteiger partial charge on any atom is 0.514 e. The number of hydrogen-bond donors (Lipinski definition) is 0. The van der Waals surface area contributed by atoms with Crippen LogP contribution in [0.4, 0.5) is 9.59 Å². The van der Waals surface area contributed by atoms with E-state index < -0.39 is 17.4 Å². The fraction of sp³-hybridized carbons (Fsp3) is 0.545. The Labute approximate surface area is 175 Å². The molecule has 0 radical (unpaired) electrons. The van der Waals surface area contributed by atoms with Crippen LogP contribution < -0.4 is 4.74 Å². The second-order valence-electron chi connectivity index (χ2n) is 9.20. The second kappa shape index (κ2) is 7.86. The van der Waals surface area contributed by atoms with Crippen molar-refractivity contribution in [3.05, 3.63) is 28.6 Å². The number of carbonyl (C=O) groups is 2. The smallest absolute Gasteiger partial charge is 0.444 e. The molecule has 2 heterocycles. The van der Waals surface area contributed by atoms with Crippen molar-refractivity contribution in [3.63, 3.8) is 0 Å². The quantitative estimate of drug-likeness (QED) is 0.448. The summed E-state index contributed by atoms with van der Waals surface area (Å²) in [5.74, 6) is 0.471. The summed E-state index contributed by atoms with van der Waals surface area (Å²) in [7, 11) is 0. The highest BCUT2D eigenvalue weighted by Crippen LogP contribution is 2.36. The van der Waals surface area contributed by atoms with Gasteiger partial charge in [0.05, 0.1) is 0 Å². The molecule has 0 bridgehead atoms. The number of amides is 1. The van der Waals surface area contributed by atoms with Crippen LogP contribution in [0.25, 0.3) is 10.1 Å². The number of nitrogens with zero attached hydrogens (tertiary/aromatic N) is 1. The zero-order valence-corrected chi connectivity index (χ0v) is 18.8. The third-order valence-corrected chi connectivity index (χ3v) is 5.59. The summed E-state index contributed by atoms with van der Waals surface area (Å²) in [6.07, 6.45) is 0.602. The van der Waals surface area contributed by atoms with Gasteiger partial charge in [0.25, 0.3) is 0 Å². The van der Waals surface area contributed by atoms with Crippen molar-refractivity contribution in [3.8, 4) is 5.75 Å². The Morgan fingerprint density at radius 1 is 0.966 bits per heavy atom. The molecule has 1 aromatic carbocycles. The molecule has 1 aliphatic rings. The van der Waals surface area contributed by atoms with E-state index in [0.717, 1.165) is 22.9 Å². The van der Waals surface area contributed by atoms with Gasteiger partial charge in [-0.25, -0.2) is 9.59 Å². The first-order valence-electron chi connectivity index (χ1n) is 9.84. The summed E-state index contributed by atoms with van der Waals surface area (Å²) >= 11 is 1.68. The highest BCUT2D eigenvalue weighted by molar-refractivity contribution is 7.19. The number of fused-ring (bicyclic) bond motifs is 3. The predicted molar refractivity (Wildman–Crippen MR) is 114 cm³/mol. The topological polar surface area (TPSA) is 65.1 Å². The normalized spacial score (nSPS) is 14.9. The lowest BCUT2D eigenvalue weighted by molar-refractivity contribution is 0.0204. The van der Waals surface area contributed by atoms with Crippen molar-refractivity contribution in [2.75, 3.05) is 13.1 Å². The van der Waals surface area contributed by atoms with Gasteiger partial charge in [-0.05, 0) is 83.5 Å². The van der Waals surface area contributed by atoms with E-state index in [2.05, 4.69) is 0 Å². The van der Waals surface area contributed by atoms with Gasteiger partial charge < -0.3 is 19.1 Å². The van der Waals surface area contributed by atoms with Gasteiger partial charge in [-0.2, -0.15) is 0 Å². The van der Waals surface area contributed by atoms with Crippen molar-refractivity contribution in [1.29, 1.82) is 0 Å². The van der Waals surface area contributed by atoms with Gasteiger partial charge in [0.15, 0.2) is 0 Å². The van der Waals surface area contributed by atoms with E-state index in [1.807, 2.05) is 32.9 Å². The van der Waals surface area contributed by atoms with Crippen LogP contribution in [-0.4, -0.2) is 41.4 Å². The Balaban J connectivity index is 1.73. The lowest BCUT2D eigenvalue weighted by Gasteiger charge is -2.26. The van der Waals surface area contributed by atoms with Crippen LogP contribution in [0.1, 0.15) is 52.0 Å². The van der Waals surface area contributed by atoms with Gasteiger partial charge >= 0.3 is 12.2 Å². The van der Waals surface area contributed by atoms with Crippen molar-refractivity contribution < 1.29 is 23.8 Å². The Bertz CT molecular complexity index is 920. The summed E-state index contributed by atoms with van der Waals surface area (Å²) in [5.41, 5.74) is 0.173. The molecule has 6 nitrogen and oxygen atoms in total. The standard InChI is InChI=1S/C22H29NO5S/c1-21(2,3)27-19(24)23-11-9-16-15-8-7-14(26-20(25)28-22(4,5)6)13-18(15)29-17(16)10-12-23/h7-8,13H,9-12H2,1-6H3. The molecule has 29 heavy (non-hydrogen) atoms. The number of carbonyl (C=O) groups excluding carboxylic acids is 2. The average molecular weight is 420 g/mol. The van der Waals surface area contributed by atoms with Crippen molar-refractivity contribution >= 4 is 33.7 Å². The van der Waals surface area contributed by atoms with Gasteiger partial charge in [0.1, 0.15) is 17.0 Å². The summed E-state index contributed by atoms with van der Waals surface area (Å²) in [4.78, 5) is 27.4. The molecule has 2 aromatic rings. The first-order valence-corrected chi connectivity index (χ1v) is 10.7. The Morgan fingerprint density at radius 3 is 2.28 bits per heavy atom. The molecule has 1 aliphatic heterocycles. The lowest BCUT2D eigenvalue weighted by Crippen LogP contribution is -2.38. The van der Waals surface area contributed by atoms with Crippen LogP contribution in [0.2, 0.25) is 0 Å². The molecule has 158 valence electrons. The minimum atomic E-state index is -0.706. The van der Waals surface area contributed by atoms with Gasteiger partial charge in [0.2, 0.25) is 0 Å². The summed E-state index contributed by atoms with van der Waals surface area (Å²) in [6.45, 7) is 12.3. The average Bonchev–Trinajstić information content (AvgIpc) is 2.74. The van der Waals surface area contributed by atoms with Gasteiger partial charge in [-0.1, -0.05) is 0 Å². The van der Waals surface area contributed by atoms with E-state index in [4.69, 9.17) is 14.2 Å². The summed E-state index contributed by atoms with van der Waals surface area (Å²) < 4.78 is 17.1. The van der Waals surface area contributed by atoms with Crippen LogP contribution in [0, 0.1) is 0 Å². The van der Waals surface area contributed by atoms with Crippen LogP contribution in [-0.2, 0) is 22.3 Å². The van der Waals surface area contributed by atoms with Crippen LogP contribution in [0.5, 0.6) is 5.75 Å². The van der Waals surface area contributed by atoms with Crippen molar-refractivity contribution in [2.24, 2.45) is 0 Å². The van der Waals surface area contributed by atoms with Gasteiger partial charge in [-0.3, -0.25) is 0 Å². The van der Waals surface area contributed by atoms with E-state index in [1.165, 1.54) is 10.4 Å². The molecule has 0 saturated carbocycles. The minimum absolute atomic E-state index is 0.259. The molecule has 3 rings (SSSR count). The Kier molecular flexibility index (Phi) is 5.81. The fourth-order valence-corrected chi connectivity index (χ4v) is 4.46. The first-order chi connectivity index (χ1) is 13.4. The van der Waals surface area contributed by atoms with E-state index in [9.17, 15) is 9.59 Å². The third kappa shape index (κ3) is 5.63. The predicted octanol–water partition coefficient (Wildman–Crippen LogP) is 5.55. The molecule has 0 unspecified atom stereocenters. The molecule has 1 amide bonds. The number of benzene rings is 1. The monoisotopic (exact) mass is 419 g/mol. The molecule has 0 aliphatic carbocycles. The second-order valence-corrected chi connectivity index (χ2v) is 10.3. The van der Waals surface area contributed by atoms with E-state index in [1.54, 1.807) is 43.1 Å². The molecule has 0 spiro atoms. The number of hydrogen-bond acceptors (Lipinski definition) is 6. The SMILES string of the molecule is CC(C)(C)OC(=O)Oc1ccc2c3c(sc2c1)CCN(C(=O)OC(C)(C)C)CC3. The molecular weight excluding hydrogens is 390 g/mol. The first kappa shape index (κ1) is 21.4.